The van der Waals surface area contributed by atoms with Gasteiger partial charge in [-0.15, -0.1) is 4.90 Å². The van der Waals surface area contributed by atoms with Crippen LogP contribution in [0.5, 0.6) is 0 Å². The molecule has 0 saturated heterocycles. The van der Waals surface area contributed by atoms with Gasteiger partial charge in [0.15, 0.2) is 0 Å². The van der Waals surface area contributed by atoms with Gasteiger partial charge in [-0.05, 0) is 6.07 Å². The van der Waals surface area contributed by atoms with Crippen molar-refractivity contribution in [3.05, 3.63) is 18.5 Å². The van der Waals surface area contributed by atoms with Crippen LogP contribution in [0.15, 0.2) is 18.5 Å². The molecule has 0 aliphatic heterocycles. The smallest absolute Gasteiger partial charge is 0.220 e. The number of nitriles is 2. The number of aromatic nitrogens is 2. The van der Waals surface area contributed by atoms with Gasteiger partial charge in [-0.1, -0.05) is 0 Å². The highest BCUT2D eigenvalue weighted by atomic mass is 15.2. The average Bonchev–Trinajstić information content (AvgIpc) is 2.09. The van der Waals surface area contributed by atoms with Crippen LogP contribution in [-0.2, 0) is 0 Å². The van der Waals surface area contributed by atoms with Gasteiger partial charge in [-0.25, -0.2) is 9.97 Å². The second-order valence-electron chi connectivity index (χ2n) is 1.58. The maximum Gasteiger partial charge on any atom is 0.252 e. The van der Waals surface area contributed by atoms with E-state index in [1.165, 1.54) is 12.4 Å². The van der Waals surface area contributed by atoms with Crippen LogP contribution in [0.4, 0.5) is 5.95 Å². The predicted molar refractivity (Wildman–Crippen MR) is 35.7 cm³/mol. The summed E-state index contributed by atoms with van der Waals surface area (Å²) in [5.74, 6) is 0.0949. The van der Waals surface area contributed by atoms with Crippen LogP contribution in [0.25, 0.3) is 0 Å². The standard InChI is InChI=1S/C6H3N5/c7-4-11(5-8)6-9-2-1-3-10-6/h1-3H. The summed E-state index contributed by atoms with van der Waals surface area (Å²) in [6.07, 6.45) is 6.16. The summed E-state index contributed by atoms with van der Waals surface area (Å²) in [4.78, 5) is 8.10. The van der Waals surface area contributed by atoms with Crippen LogP contribution in [0.1, 0.15) is 0 Å². The summed E-state index contributed by atoms with van der Waals surface area (Å²) in [7, 11) is 0. The summed E-state index contributed by atoms with van der Waals surface area (Å²) in [6, 6.07) is 1.61. The first-order chi connectivity index (χ1) is 5.38. The molecule has 5 nitrogen and oxygen atoms in total. The summed E-state index contributed by atoms with van der Waals surface area (Å²) < 4.78 is 0. The second-order valence-corrected chi connectivity index (χ2v) is 1.58. The molecule has 0 atom stereocenters. The molecular formula is C6H3N5. The van der Waals surface area contributed by atoms with Gasteiger partial charge >= 0.3 is 0 Å². The van der Waals surface area contributed by atoms with Crippen LogP contribution >= 0.6 is 0 Å². The van der Waals surface area contributed by atoms with E-state index < -0.39 is 0 Å². The third kappa shape index (κ3) is 1.41. The van der Waals surface area contributed by atoms with Crippen molar-refractivity contribution < 1.29 is 0 Å². The highest BCUT2D eigenvalue weighted by Gasteiger charge is 2.03. The quantitative estimate of drug-likeness (QED) is 0.418. The molecular weight excluding hydrogens is 142 g/mol. The summed E-state index contributed by atoms with van der Waals surface area (Å²) in [5.41, 5.74) is 0. The number of rotatable bonds is 1. The van der Waals surface area contributed by atoms with E-state index in [2.05, 4.69) is 9.97 Å². The summed E-state index contributed by atoms with van der Waals surface area (Å²) in [6.45, 7) is 0. The third-order valence-electron chi connectivity index (χ3n) is 0.952. The zero-order valence-electron chi connectivity index (χ0n) is 5.47. The van der Waals surface area contributed by atoms with Crippen LogP contribution < -0.4 is 4.90 Å². The molecule has 0 aromatic carbocycles. The van der Waals surface area contributed by atoms with Crippen LogP contribution in [0.2, 0.25) is 0 Å². The van der Waals surface area contributed by atoms with E-state index in [0.29, 0.717) is 0 Å². The first-order valence-electron chi connectivity index (χ1n) is 2.75. The molecule has 1 rings (SSSR count). The van der Waals surface area contributed by atoms with E-state index >= 15 is 0 Å². The molecule has 1 heterocycles. The first-order valence-corrected chi connectivity index (χ1v) is 2.75. The summed E-state index contributed by atoms with van der Waals surface area (Å²) >= 11 is 0. The maximum absolute atomic E-state index is 8.35. The third-order valence-corrected chi connectivity index (χ3v) is 0.952. The van der Waals surface area contributed by atoms with Crippen LogP contribution in [0, 0.1) is 22.9 Å². The highest BCUT2D eigenvalue weighted by Crippen LogP contribution is 2.00. The zero-order chi connectivity index (χ0) is 8.10. The number of nitrogens with zero attached hydrogens (tertiary/aromatic N) is 5. The van der Waals surface area contributed by atoms with Crippen LogP contribution in [-0.4, -0.2) is 9.97 Å². The van der Waals surface area contributed by atoms with Crippen LogP contribution in [0.3, 0.4) is 0 Å². The van der Waals surface area contributed by atoms with Gasteiger partial charge in [0, 0.05) is 12.4 Å². The van der Waals surface area contributed by atoms with Crippen molar-refractivity contribution in [3.63, 3.8) is 0 Å². The van der Waals surface area contributed by atoms with E-state index in [1.54, 1.807) is 18.5 Å². The van der Waals surface area contributed by atoms with E-state index in [1.807, 2.05) is 0 Å². The van der Waals surface area contributed by atoms with Crippen molar-refractivity contribution in [2.75, 3.05) is 4.90 Å². The van der Waals surface area contributed by atoms with Crippen molar-refractivity contribution >= 4 is 5.95 Å². The lowest BCUT2D eigenvalue weighted by Crippen LogP contribution is -2.10. The molecule has 0 saturated carbocycles. The fourth-order valence-corrected chi connectivity index (χ4v) is 0.518. The fraction of sp³-hybridized carbons (Fsp3) is 0. The Morgan fingerprint density at radius 1 is 1.18 bits per heavy atom. The van der Waals surface area contributed by atoms with Gasteiger partial charge in [0.2, 0.25) is 12.4 Å². The molecule has 11 heavy (non-hydrogen) atoms. The molecule has 1 aromatic heterocycles. The Morgan fingerprint density at radius 2 is 1.73 bits per heavy atom. The normalized spacial score (nSPS) is 7.82. The Kier molecular flexibility index (Phi) is 1.99. The highest BCUT2D eigenvalue weighted by molar-refractivity contribution is 5.41. The number of anilines is 1. The molecule has 0 aliphatic rings. The van der Waals surface area contributed by atoms with E-state index in [4.69, 9.17) is 10.5 Å². The largest absolute Gasteiger partial charge is 0.252 e. The van der Waals surface area contributed by atoms with Gasteiger partial charge in [0.1, 0.15) is 0 Å². The van der Waals surface area contributed by atoms with Gasteiger partial charge in [-0.3, -0.25) is 0 Å². The average molecular weight is 145 g/mol. The molecule has 0 aliphatic carbocycles. The molecule has 1 aromatic rings. The Labute approximate surface area is 63.1 Å². The second kappa shape index (κ2) is 3.14. The van der Waals surface area contributed by atoms with Gasteiger partial charge in [-0.2, -0.15) is 10.5 Å². The Morgan fingerprint density at radius 3 is 2.18 bits per heavy atom. The Balaban J connectivity index is 2.96. The van der Waals surface area contributed by atoms with Gasteiger partial charge in [0.05, 0.1) is 0 Å². The first kappa shape index (κ1) is 6.97. The topological polar surface area (TPSA) is 76.6 Å². The monoisotopic (exact) mass is 145 g/mol. The maximum atomic E-state index is 8.35. The van der Waals surface area contributed by atoms with E-state index in [9.17, 15) is 0 Å². The number of hydrogen-bond acceptors (Lipinski definition) is 5. The fourth-order valence-electron chi connectivity index (χ4n) is 0.518. The summed E-state index contributed by atoms with van der Waals surface area (Å²) in [5, 5.41) is 16.7. The Bertz CT molecular complexity index is 292. The SMILES string of the molecule is N#CN(C#N)c1ncccn1. The lowest BCUT2D eigenvalue weighted by molar-refractivity contribution is 1.08. The van der Waals surface area contributed by atoms with Crippen molar-refractivity contribution in [2.24, 2.45) is 0 Å². The molecule has 0 spiro atoms. The molecule has 0 N–H and O–H groups in total. The molecule has 0 fully saturated rings. The van der Waals surface area contributed by atoms with E-state index in [-0.39, 0.29) is 5.95 Å². The lowest BCUT2D eigenvalue weighted by Gasteiger charge is -1.99. The molecule has 5 heteroatoms. The predicted octanol–water partition coefficient (Wildman–Crippen LogP) is 0.245. The molecule has 0 radical (unpaired) electrons. The Hall–Kier alpha value is -2.14. The zero-order valence-corrected chi connectivity index (χ0v) is 5.47. The van der Waals surface area contributed by atoms with Crippen molar-refractivity contribution in [1.29, 1.82) is 10.5 Å². The lowest BCUT2D eigenvalue weighted by atomic mass is 10.6. The van der Waals surface area contributed by atoms with Gasteiger partial charge < -0.3 is 0 Å². The van der Waals surface area contributed by atoms with Crippen molar-refractivity contribution in [3.8, 4) is 12.4 Å². The minimum atomic E-state index is 0.0949. The minimum absolute atomic E-state index is 0.0949. The number of hydrogen-bond donors (Lipinski definition) is 0. The van der Waals surface area contributed by atoms with Gasteiger partial charge in [0.25, 0.3) is 5.95 Å². The van der Waals surface area contributed by atoms with E-state index in [0.717, 1.165) is 4.90 Å². The molecule has 52 valence electrons. The van der Waals surface area contributed by atoms with Crippen molar-refractivity contribution in [2.45, 2.75) is 0 Å². The van der Waals surface area contributed by atoms with Crippen molar-refractivity contribution in [1.82, 2.24) is 9.97 Å². The molecule has 0 amide bonds. The molecule has 0 bridgehead atoms. The molecule has 0 unspecified atom stereocenters. The minimum Gasteiger partial charge on any atom is -0.220 e.